The van der Waals surface area contributed by atoms with Crippen molar-refractivity contribution in [3.63, 3.8) is 0 Å². The molecule has 20 heavy (non-hydrogen) atoms. The van der Waals surface area contributed by atoms with Gasteiger partial charge >= 0.3 is 0 Å². The normalized spacial score (nSPS) is 17.1. The third-order valence-corrected chi connectivity index (χ3v) is 4.45. The minimum atomic E-state index is 0.0681. The van der Waals surface area contributed by atoms with Crippen LogP contribution >= 0.6 is 23.2 Å². The minimum Gasteiger partial charge on any atom is -0.342 e. The zero-order valence-electron chi connectivity index (χ0n) is 11.7. The van der Waals surface area contributed by atoms with E-state index in [2.05, 4.69) is 5.32 Å². The monoisotopic (exact) mass is 314 g/mol. The van der Waals surface area contributed by atoms with Gasteiger partial charge in [0.1, 0.15) is 0 Å². The molecule has 1 saturated heterocycles. The van der Waals surface area contributed by atoms with E-state index in [4.69, 9.17) is 23.2 Å². The van der Waals surface area contributed by atoms with Gasteiger partial charge in [0.15, 0.2) is 0 Å². The van der Waals surface area contributed by atoms with Gasteiger partial charge in [0.2, 0.25) is 5.91 Å². The Morgan fingerprint density at radius 1 is 1.25 bits per heavy atom. The topological polar surface area (TPSA) is 32.3 Å². The Balaban J connectivity index is 1.86. The standard InChI is InChI=1S/C15H20Cl2N2O/c1-11(12-5-6-13(16)14(17)9-12)18-10-15(20)19-7-3-2-4-8-19/h5-6,9,11,18H,2-4,7-8,10H2,1H3. The van der Waals surface area contributed by atoms with Gasteiger partial charge in [0.05, 0.1) is 16.6 Å². The molecule has 1 fully saturated rings. The summed E-state index contributed by atoms with van der Waals surface area (Å²) in [6, 6.07) is 5.62. The van der Waals surface area contributed by atoms with E-state index in [0.717, 1.165) is 31.5 Å². The van der Waals surface area contributed by atoms with E-state index < -0.39 is 0 Å². The molecule has 0 aliphatic carbocycles. The highest BCUT2D eigenvalue weighted by Gasteiger charge is 2.17. The largest absolute Gasteiger partial charge is 0.342 e. The van der Waals surface area contributed by atoms with Crippen molar-refractivity contribution >= 4 is 29.1 Å². The summed E-state index contributed by atoms with van der Waals surface area (Å²) in [5.41, 5.74) is 1.03. The molecule has 110 valence electrons. The lowest BCUT2D eigenvalue weighted by Crippen LogP contribution is -2.41. The predicted molar refractivity (Wildman–Crippen MR) is 83.3 cm³/mol. The Hall–Kier alpha value is -0.770. The predicted octanol–water partition coefficient (Wildman–Crippen LogP) is 3.66. The molecule has 1 aliphatic rings. The quantitative estimate of drug-likeness (QED) is 0.920. The van der Waals surface area contributed by atoms with Crippen LogP contribution in [-0.2, 0) is 4.79 Å². The van der Waals surface area contributed by atoms with Gasteiger partial charge in [-0.05, 0) is 43.9 Å². The fraction of sp³-hybridized carbons (Fsp3) is 0.533. The van der Waals surface area contributed by atoms with E-state index >= 15 is 0 Å². The lowest BCUT2D eigenvalue weighted by atomic mass is 10.1. The van der Waals surface area contributed by atoms with Gasteiger partial charge in [-0.3, -0.25) is 4.79 Å². The van der Waals surface area contributed by atoms with Crippen LogP contribution < -0.4 is 5.32 Å². The molecule has 3 nitrogen and oxygen atoms in total. The van der Waals surface area contributed by atoms with Crippen molar-refractivity contribution in [3.8, 4) is 0 Å². The number of piperidine rings is 1. The van der Waals surface area contributed by atoms with E-state index in [-0.39, 0.29) is 11.9 Å². The van der Waals surface area contributed by atoms with Crippen LogP contribution in [-0.4, -0.2) is 30.4 Å². The number of benzene rings is 1. The van der Waals surface area contributed by atoms with E-state index in [1.807, 2.05) is 24.0 Å². The molecule has 1 N–H and O–H groups in total. The van der Waals surface area contributed by atoms with Crippen molar-refractivity contribution in [1.82, 2.24) is 10.2 Å². The SMILES string of the molecule is CC(NCC(=O)N1CCCCC1)c1ccc(Cl)c(Cl)c1. The van der Waals surface area contributed by atoms with Gasteiger partial charge in [-0.2, -0.15) is 0 Å². The summed E-state index contributed by atoms with van der Waals surface area (Å²) in [4.78, 5) is 14.0. The van der Waals surface area contributed by atoms with Gasteiger partial charge in [-0.25, -0.2) is 0 Å². The zero-order valence-corrected chi connectivity index (χ0v) is 13.2. The average Bonchev–Trinajstić information content (AvgIpc) is 2.48. The number of carbonyl (C=O) groups excluding carboxylic acids is 1. The summed E-state index contributed by atoms with van der Waals surface area (Å²) in [6.45, 7) is 4.16. The number of nitrogens with zero attached hydrogens (tertiary/aromatic N) is 1. The highest BCUT2D eigenvalue weighted by atomic mass is 35.5. The third kappa shape index (κ3) is 4.11. The molecule has 1 aliphatic heterocycles. The molecule has 1 amide bonds. The molecule has 1 aromatic carbocycles. The first-order valence-electron chi connectivity index (χ1n) is 7.04. The number of amides is 1. The molecule has 2 rings (SSSR count). The summed E-state index contributed by atoms with van der Waals surface area (Å²) in [7, 11) is 0. The van der Waals surface area contributed by atoms with Crippen LogP contribution in [0.5, 0.6) is 0 Å². The van der Waals surface area contributed by atoms with Crippen LogP contribution in [0.15, 0.2) is 18.2 Å². The number of nitrogens with one attached hydrogen (secondary N) is 1. The molecule has 0 spiro atoms. The van der Waals surface area contributed by atoms with Crippen LogP contribution in [0.2, 0.25) is 10.0 Å². The Bertz CT molecular complexity index is 473. The second-order valence-corrected chi connectivity index (χ2v) is 6.03. The summed E-state index contributed by atoms with van der Waals surface area (Å²) in [5.74, 6) is 0.177. The van der Waals surface area contributed by atoms with E-state index in [1.165, 1.54) is 6.42 Å². The first kappa shape index (κ1) is 15.6. The number of carbonyl (C=O) groups is 1. The number of likely N-dealkylation sites (tertiary alicyclic amines) is 1. The highest BCUT2D eigenvalue weighted by Crippen LogP contribution is 2.25. The van der Waals surface area contributed by atoms with Crippen molar-refractivity contribution in [2.45, 2.75) is 32.2 Å². The van der Waals surface area contributed by atoms with Gasteiger partial charge in [-0.15, -0.1) is 0 Å². The summed E-state index contributed by atoms with van der Waals surface area (Å²) in [6.07, 6.45) is 3.47. The number of hydrogen-bond acceptors (Lipinski definition) is 2. The number of halogens is 2. The van der Waals surface area contributed by atoms with Crippen LogP contribution in [0.4, 0.5) is 0 Å². The van der Waals surface area contributed by atoms with Crippen molar-refractivity contribution in [1.29, 1.82) is 0 Å². The van der Waals surface area contributed by atoms with Crippen molar-refractivity contribution in [3.05, 3.63) is 33.8 Å². The summed E-state index contributed by atoms with van der Waals surface area (Å²) in [5, 5.41) is 4.34. The van der Waals surface area contributed by atoms with Gasteiger partial charge in [0.25, 0.3) is 0 Å². The molecular formula is C15H20Cl2N2O. The minimum absolute atomic E-state index is 0.0681. The lowest BCUT2D eigenvalue weighted by molar-refractivity contribution is -0.131. The Morgan fingerprint density at radius 3 is 2.60 bits per heavy atom. The van der Waals surface area contributed by atoms with Crippen molar-refractivity contribution in [2.24, 2.45) is 0 Å². The Kier molecular flexibility index (Phi) is 5.70. The summed E-state index contributed by atoms with van der Waals surface area (Å²) >= 11 is 11.9. The molecule has 0 bridgehead atoms. The maximum Gasteiger partial charge on any atom is 0.236 e. The fourth-order valence-corrected chi connectivity index (χ4v) is 2.70. The average molecular weight is 315 g/mol. The molecule has 1 aromatic rings. The van der Waals surface area contributed by atoms with E-state index in [1.54, 1.807) is 6.07 Å². The fourth-order valence-electron chi connectivity index (χ4n) is 2.40. The lowest BCUT2D eigenvalue weighted by Gasteiger charge is -2.27. The molecule has 0 radical (unpaired) electrons. The maximum atomic E-state index is 12.1. The van der Waals surface area contributed by atoms with Gasteiger partial charge in [-0.1, -0.05) is 29.3 Å². The Labute approximate surface area is 130 Å². The molecule has 1 heterocycles. The summed E-state index contributed by atoms with van der Waals surface area (Å²) < 4.78 is 0. The number of rotatable bonds is 4. The second-order valence-electron chi connectivity index (χ2n) is 5.22. The van der Waals surface area contributed by atoms with Crippen LogP contribution in [0.1, 0.15) is 37.8 Å². The first-order valence-corrected chi connectivity index (χ1v) is 7.79. The molecule has 0 aromatic heterocycles. The number of hydrogen-bond donors (Lipinski definition) is 1. The Morgan fingerprint density at radius 2 is 1.95 bits per heavy atom. The first-order chi connectivity index (χ1) is 9.58. The van der Waals surface area contributed by atoms with E-state index in [9.17, 15) is 4.79 Å². The smallest absolute Gasteiger partial charge is 0.236 e. The highest BCUT2D eigenvalue weighted by molar-refractivity contribution is 6.42. The van der Waals surface area contributed by atoms with Crippen molar-refractivity contribution < 1.29 is 4.79 Å². The maximum absolute atomic E-state index is 12.1. The third-order valence-electron chi connectivity index (χ3n) is 3.71. The second kappa shape index (κ2) is 7.30. The van der Waals surface area contributed by atoms with E-state index in [0.29, 0.717) is 16.6 Å². The molecular weight excluding hydrogens is 295 g/mol. The van der Waals surface area contributed by atoms with Crippen LogP contribution in [0.3, 0.4) is 0 Å². The zero-order chi connectivity index (χ0) is 14.5. The van der Waals surface area contributed by atoms with Crippen LogP contribution in [0, 0.1) is 0 Å². The molecule has 1 atom stereocenters. The van der Waals surface area contributed by atoms with Gasteiger partial charge in [0, 0.05) is 19.1 Å². The molecule has 0 saturated carbocycles. The molecule has 1 unspecified atom stereocenters. The van der Waals surface area contributed by atoms with Crippen molar-refractivity contribution in [2.75, 3.05) is 19.6 Å². The van der Waals surface area contributed by atoms with Gasteiger partial charge < -0.3 is 10.2 Å². The molecule has 5 heteroatoms. The van der Waals surface area contributed by atoms with Crippen LogP contribution in [0.25, 0.3) is 0 Å².